The average molecular weight is 398 g/mol. The summed E-state index contributed by atoms with van der Waals surface area (Å²) < 4.78 is 67.8. The molecule has 1 amide bonds. The second kappa shape index (κ2) is 7.73. The summed E-state index contributed by atoms with van der Waals surface area (Å²) >= 11 is 0. The standard InChI is InChI=1S/C13H17F3N4O5S/c14-13(15,16)10(21)7-19-12(22)11-9(17)5-8(6-18-11)26(23,24)20-1-3-25-4-2-20/h5-6,10,21H,1-4,7,17H2,(H,19,22). The number of hydrogen-bond donors (Lipinski definition) is 3. The number of aliphatic hydroxyl groups excluding tert-OH is 1. The van der Waals surface area contributed by atoms with Crippen LogP contribution in [-0.4, -0.2) is 73.8 Å². The fourth-order valence-corrected chi connectivity index (χ4v) is 3.51. The third-order valence-corrected chi connectivity index (χ3v) is 5.41. The number of amides is 1. The molecule has 0 bridgehead atoms. The fourth-order valence-electron chi connectivity index (χ4n) is 2.12. The molecule has 1 aliphatic heterocycles. The van der Waals surface area contributed by atoms with Gasteiger partial charge in [0.2, 0.25) is 10.0 Å². The zero-order valence-electron chi connectivity index (χ0n) is 13.4. The lowest BCUT2D eigenvalue weighted by Gasteiger charge is -2.26. The van der Waals surface area contributed by atoms with Crippen LogP contribution in [-0.2, 0) is 14.8 Å². The number of aromatic nitrogens is 1. The van der Waals surface area contributed by atoms with Crippen molar-refractivity contribution in [2.75, 3.05) is 38.6 Å². The molecule has 0 radical (unpaired) electrons. The highest BCUT2D eigenvalue weighted by Gasteiger charge is 2.38. The first kappa shape index (κ1) is 20.4. The van der Waals surface area contributed by atoms with Crippen molar-refractivity contribution in [2.24, 2.45) is 0 Å². The molecule has 26 heavy (non-hydrogen) atoms. The molecule has 146 valence electrons. The molecular formula is C13H17F3N4O5S. The lowest BCUT2D eigenvalue weighted by atomic mass is 10.2. The van der Waals surface area contributed by atoms with Crippen molar-refractivity contribution in [3.05, 3.63) is 18.0 Å². The molecule has 9 nitrogen and oxygen atoms in total. The summed E-state index contributed by atoms with van der Waals surface area (Å²) in [5.74, 6) is -1.07. The zero-order valence-corrected chi connectivity index (χ0v) is 14.2. The van der Waals surface area contributed by atoms with Crippen LogP contribution >= 0.6 is 0 Å². The number of nitrogens with two attached hydrogens (primary N) is 1. The van der Waals surface area contributed by atoms with Crippen LogP contribution in [0.15, 0.2) is 17.2 Å². The van der Waals surface area contributed by atoms with Crippen LogP contribution in [0.1, 0.15) is 10.5 Å². The number of ether oxygens (including phenoxy) is 1. The summed E-state index contributed by atoms with van der Waals surface area (Å²) in [6.45, 7) is -0.300. The van der Waals surface area contributed by atoms with Crippen molar-refractivity contribution >= 4 is 21.6 Å². The van der Waals surface area contributed by atoms with Crippen molar-refractivity contribution in [3.8, 4) is 0 Å². The summed E-state index contributed by atoms with van der Waals surface area (Å²) in [5.41, 5.74) is 4.86. The predicted octanol–water partition coefficient (Wildman–Crippen LogP) is -0.662. The molecule has 1 aromatic heterocycles. The van der Waals surface area contributed by atoms with Gasteiger partial charge in [-0.2, -0.15) is 17.5 Å². The molecule has 1 aromatic rings. The van der Waals surface area contributed by atoms with E-state index in [1.54, 1.807) is 0 Å². The molecule has 0 saturated carbocycles. The predicted molar refractivity (Wildman–Crippen MR) is 82.6 cm³/mol. The summed E-state index contributed by atoms with van der Waals surface area (Å²) in [6, 6.07) is 1.01. The Bertz CT molecular complexity index is 766. The van der Waals surface area contributed by atoms with Gasteiger partial charge in [0.25, 0.3) is 5.91 Å². The number of alkyl halides is 3. The first-order valence-electron chi connectivity index (χ1n) is 7.40. The quantitative estimate of drug-likeness (QED) is 0.599. The van der Waals surface area contributed by atoms with E-state index in [0.717, 1.165) is 12.3 Å². The second-order valence-corrected chi connectivity index (χ2v) is 7.33. The van der Waals surface area contributed by atoms with Crippen molar-refractivity contribution in [1.29, 1.82) is 0 Å². The van der Waals surface area contributed by atoms with E-state index in [4.69, 9.17) is 15.6 Å². The lowest BCUT2D eigenvalue weighted by molar-refractivity contribution is -0.201. The first-order valence-corrected chi connectivity index (χ1v) is 8.84. The van der Waals surface area contributed by atoms with E-state index in [1.807, 2.05) is 5.32 Å². The van der Waals surface area contributed by atoms with Gasteiger partial charge >= 0.3 is 6.18 Å². The molecule has 1 atom stereocenters. The van der Waals surface area contributed by atoms with Crippen molar-refractivity contribution in [2.45, 2.75) is 17.2 Å². The van der Waals surface area contributed by atoms with Crippen LogP contribution in [0.3, 0.4) is 0 Å². The number of nitrogens with one attached hydrogen (secondary N) is 1. The number of morpholine rings is 1. The Kier molecular flexibility index (Phi) is 6.05. The molecule has 0 aliphatic carbocycles. The number of aliphatic hydroxyl groups is 1. The number of carbonyl (C=O) groups excluding carboxylic acids is 1. The minimum absolute atomic E-state index is 0.153. The Balaban J connectivity index is 2.12. The Morgan fingerprint density at radius 3 is 2.58 bits per heavy atom. The van der Waals surface area contributed by atoms with E-state index in [2.05, 4.69) is 4.98 Å². The number of sulfonamides is 1. The van der Waals surface area contributed by atoms with Crippen molar-refractivity contribution in [3.63, 3.8) is 0 Å². The Hall–Kier alpha value is -1.96. The molecule has 1 saturated heterocycles. The van der Waals surface area contributed by atoms with E-state index in [0.29, 0.717) is 0 Å². The Morgan fingerprint density at radius 1 is 1.42 bits per heavy atom. The van der Waals surface area contributed by atoms with Gasteiger partial charge in [-0.25, -0.2) is 13.4 Å². The smallest absolute Gasteiger partial charge is 0.397 e. The van der Waals surface area contributed by atoms with E-state index < -0.39 is 40.4 Å². The number of rotatable bonds is 5. The summed E-state index contributed by atoms with van der Waals surface area (Å²) in [7, 11) is -3.88. The van der Waals surface area contributed by atoms with Crippen LogP contribution < -0.4 is 11.1 Å². The third-order valence-electron chi connectivity index (χ3n) is 3.55. The van der Waals surface area contributed by atoms with Crippen LogP contribution in [0, 0.1) is 0 Å². The molecule has 2 heterocycles. The Labute approximate surface area is 147 Å². The molecule has 13 heteroatoms. The molecule has 0 spiro atoms. The van der Waals surface area contributed by atoms with Gasteiger partial charge in [-0.1, -0.05) is 0 Å². The monoisotopic (exact) mass is 398 g/mol. The molecule has 0 aromatic carbocycles. The number of nitrogens with zero attached hydrogens (tertiary/aromatic N) is 2. The van der Waals surface area contributed by atoms with Gasteiger partial charge in [-0.3, -0.25) is 4.79 Å². The summed E-state index contributed by atoms with van der Waals surface area (Å²) in [4.78, 5) is 15.2. The average Bonchev–Trinajstić information content (AvgIpc) is 2.59. The highest BCUT2D eigenvalue weighted by atomic mass is 32.2. The molecular weight excluding hydrogens is 381 g/mol. The van der Waals surface area contributed by atoms with Crippen LogP contribution in [0.5, 0.6) is 0 Å². The summed E-state index contributed by atoms with van der Waals surface area (Å²) in [6.07, 6.45) is -6.73. The maximum absolute atomic E-state index is 12.5. The van der Waals surface area contributed by atoms with Gasteiger partial charge in [0, 0.05) is 19.3 Å². The molecule has 1 unspecified atom stereocenters. The second-order valence-electron chi connectivity index (χ2n) is 5.39. The maximum atomic E-state index is 12.5. The number of halogens is 3. The van der Waals surface area contributed by atoms with E-state index >= 15 is 0 Å². The topological polar surface area (TPSA) is 135 Å². The van der Waals surface area contributed by atoms with E-state index in [1.165, 1.54) is 4.31 Å². The number of carbonyl (C=O) groups is 1. The van der Waals surface area contributed by atoms with Gasteiger partial charge in [0.1, 0.15) is 4.90 Å². The molecule has 4 N–H and O–H groups in total. The zero-order chi connectivity index (χ0) is 19.5. The van der Waals surface area contributed by atoms with Crippen molar-refractivity contribution < 1.29 is 36.2 Å². The largest absolute Gasteiger partial charge is 0.416 e. The minimum atomic E-state index is -4.89. The highest BCUT2D eigenvalue weighted by Crippen LogP contribution is 2.21. The fraction of sp³-hybridized carbons (Fsp3) is 0.538. The number of hydrogen-bond acceptors (Lipinski definition) is 7. The minimum Gasteiger partial charge on any atom is -0.397 e. The number of pyridine rings is 1. The van der Waals surface area contributed by atoms with Gasteiger partial charge in [0.05, 0.1) is 25.4 Å². The SMILES string of the molecule is Nc1cc(S(=O)(=O)N2CCOCC2)cnc1C(=O)NCC(O)C(F)(F)F. The number of nitrogen functional groups attached to an aromatic ring is 1. The van der Waals surface area contributed by atoms with Gasteiger partial charge in [-0.15, -0.1) is 0 Å². The van der Waals surface area contributed by atoms with Gasteiger partial charge in [0.15, 0.2) is 11.8 Å². The van der Waals surface area contributed by atoms with E-state index in [9.17, 15) is 26.4 Å². The van der Waals surface area contributed by atoms with Crippen LogP contribution in [0.25, 0.3) is 0 Å². The molecule has 1 fully saturated rings. The lowest BCUT2D eigenvalue weighted by Crippen LogP contribution is -2.41. The highest BCUT2D eigenvalue weighted by molar-refractivity contribution is 7.89. The van der Waals surface area contributed by atoms with E-state index in [-0.39, 0.29) is 36.9 Å². The first-order chi connectivity index (χ1) is 12.0. The molecule has 1 aliphatic rings. The van der Waals surface area contributed by atoms with Crippen LogP contribution in [0.4, 0.5) is 18.9 Å². The normalized spacial score (nSPS) is 17.7. The molecule has 2 rings (SSSR count). The third kappa shape index (κ3) is 4.60. The number of anilines is 1. The Morgan fingerprint density at radius 2 is 2.04 bits per heavy atom. The summed E-state index contributed by atoms with van der Waals surface area (Å²) in [5, 5.41) is 10.7. The van der Waals surface area contributed by atoms with Gasteiger partial charge in [-0.05, 0) is 6.07 Å². The maximum Gasteiger partial charge on any atom is 0.416 e. The van der Waals surface area contributed by atoms with Crippen LogP contribution in [0.2, 0.25) is 0 Å². The van der Waals surface area contributed by atoms with Gasteiger partial charge < -0.3 is 20.9 Å². The van der Waals surface area contributed by atoms with Crippen molar-refractivity contribution in [1.82, 2.24) is 14.6 Å².